The van der Waals surface area contributed by atoms with Crippen molar-refractivity contribution in [3.8, 4) is 0 Å². The minimum Gasteiger partial charge on any atom is -0.390 e. The maximum absolute atomic E-state index is 5.17. The SMILES string of the molecule is C[Si](C)=C(N)N. The van der Waals surface area contributed by atoms with Crippen molar-refractivity contribution in [3.63, 3.8) is 0 Å². The molecule has 0 radical (unpaired) electrons. The monoisotopic (exact) mass is 102 g/mol. The zero-order valence-corrected chi connectivity index (χ0v) is 5.15. The van der Waals surface area contributed by atoms with Gasteiger partial charge < -0.3 is 11.5 Å². The van der Waals surface area contributed by atoms with Crippen LogP contribution in [-0.4, -0.2) is 13.8 Å². The average molecular weight is 102 g/mol. The Hall–Kier alpha value is -0.313. The van der Waals surface area contributed by atoms with Crippen LogP contribution in [0, 0.1) is 0 Å². The molecule has 0 fully saturated rings. The van der Waals surface area contributed by atoms with Crippen molar-refractivity contribution in [3.05, 3.63) is 0 Å². The smallest absolute Gasteiger partial charge is 0.0614 e. The molecule has 0 saturated heterocycles. The van der Waals surface area contributed by atoms with Crippen LogP contribution in [0.4, 0.5) is 0 Å². The van der Waals surface area contributed by atoms with Gasteiger partial charge in [-0.2, -0.15) is 0 Å². The third-order valence-corrected chi connectivity index (χ3v) is 1.73. The quantitative estimate of drug-likeness (QED) is 0.398. The van der Waals surface area contributed by atoms with Gasteiger partial charge in [0.15, 0.2) is 0 Å². The first-order valence-electron chi connectivity index (χ1n) is 1.83. The van der Waals surface area contributed by atoms with Crippen LogP contribution in [0.1, 0.15) is 0 Å². The van der Waals surface area contributed by atoms with Gasteiger partial charge in [-0.25, -0.2) is 0 Å². The summed E-state index contributed by atoms with van der Waals surface area (Å²) in [7, 11) is -0.479. The van der Waals surface area contributed by atoms with Crippen LogP contribution in [0.25, 0.3) is 0 Å². The van der Waals surface area contributed by atoms with Crippen LogP contribution >= 0.6 is 0 Å². The fraction of sp³-hybridized carbons (Fsp3) is 0.667. The molecule has 0 rings (SSSR count). The second-order valence-electron chi connectivity index (χ2n) is 1.46. The molecule has 0 aromatic carbocycles. The first-order chi connectivity index (χ1) is 2.64. The van der Waals surface area contributed by atoms with E-state index >= 15 is 0 Å². The summed E-state index contributed by atoms with van der Waals surface area (Å²) in [5.74, 6) is 0. The maximum Gasteiger partial charge on any atom is 0.0614 e. The molecule has 0 spiro atoms. The highest BCUT2D eigenvalue weighted by molar-refractivity contribution is 6.67. The molecule has 2 nitrogen and oxygen atoms in total. The number of hydrogen-bond acceptors (Lipinski definition) is 2. The molecule has 0 unspecified atom stereocenters. The molecule has 0 aromatic rings. The molecule has 0 saturated carbocycles. The maximum atomic E-state index is 5.17. The van der Waals surface area contributed by atoms with E-state index < -0.39 is 8.41 Å². The third-order valence-electron chi connectivity index (χ3n) is 0.577. The molecule has 0 aromatic heterocycles. The van der Waals surface area contributed by atoms with E-state index in [1.807, 2.05) is 0 Å². The molecule has 0 aliphatic rings. The van der Waals surface area contributed by atoms with Gasteiger partial charge in [0.25, 0.3) is 0 Å². The zero-order chi connectivity index (χ0) is 5.15. The summed E-state index contributed by atoms with van der Waals surface area (Å²) < 4.78 is 0. The summed E-state index contributed by atoms with van der Waals surface area (Å²) in [6, 6.07) is 0. The van der Waals surface area contributed by atoms with Crippen molar-refractivity contribution in [2.45, 2.75) is 13.1 Å². The van der Waals surface area contributed by atoms with Gasteiger partial charge in [0, 0.05) is 0 Å². The fourth-order valence-electron chi connectivity index (χ4n) is 0. The van der Waals surface area contributed by atoms with Crippen LogP contribution in [0.15, 0.2) is 0 Å². The van der Waals surface area contributed by atoms with E-state index in [2.05, 4.69) is 13.1 Å². The normalized spacial score (nSPS) is 7.67. The van der Waals surface area contributed by atoms with Crippen LogP contribution in [-0.2, 0) is 0 Å². The molecule has 0 aliphatic heterocycles. The summed E-state index contributed by atoms with van der Waals surface area (Å²) in [5.41, 5.74) is 11.0. The molecule has 0 atom stereocenters. The highest BCUT2D eigenvalue weighted by atomic mass is 28.2. The molecule has 6 heavy (non-hydrogen) atoms. The van der Waals surface area contributed by atoms with Gasteiger partial charge in [0.1, 0.15) is 0 Å². The second-order valence-corrected chi connectivity index (χ2v) is 4.03. The summed E-state index contributed by atoms with van der Waals surface area (Å²) >= 11 is 0. The van der Waals surface area contributed by atoms with Crippen molar-refractivity contribution in [1.29, 1.82) is 0 Å². The Morgan fingerprint density at radius 3 is 1.50 bits per heavy atom. The van der Waals surface area contributed by atoms with Crippen molar-refractivity contribution in [1.82, 2.24) is 0 Å². The van der Waals surface area contributed by atoms with Gasteiger partial charge in [0.2, 0.25) is 0 Å². The van der Waals surface area contributed by atoms with Crippen molar-refractivity contribution in [2.24, 2.45) is 11.5 Å². The first kappa shape index (κ1) is 5.69. The van der Waals surface area contributed by atoms with Crippen LogP contribution in [0.3, 0.4) is 0 Å². The first-order valence-corrected chi connectivity index (χ1v) is 4.33. The molecule has 0 amide bonds. The van der Waals surface area contributed by atoms with Crippen molar-refractivity contribution >= 4 is 13.8 Å². The van der Waals surface area contributed by atoms with E-state index in [1.54, 1.807) is 0 Å². The molecule has 0 heterocycles. The van der Waals surface area contributed by atoms with Gasteiger partial charge in [0.05, 0.1) is 13.8 Å². The van der Waals surface area contributed by atoms with Crippen molar-refractivity contribution in [2.75, 3.05) is 0 Å². The van der Waals surface area contributed by atoms with Crippen LogP contribution in [0.5, 0.6) is 0 Å². The van der Waals surface area contributed by atoms with E-state index in [4.69, 9.17) is 11.5 Å². The van der Waals surface area contributed by atoms with Crippen molar-refractivity contribution < 1.29 is 0 Å². The topological polar surface area (TPSA) is 52.0 Å². The minimum absolute atomic E-state index is 0.479. The molecule has 36 valence electrons. The summed E-state index contributed by atoms with van der Waals surface area (Å²) in [6.45, 7) is 4.11. The van der Waals surface area contributed by atoms with E-state index in [0.29, 0.717) is 5.42 Å². The predicted octanol–water partition coefficient (Wildman–Crippen LogP) is -0.673. The third kappa shape index (κ3) is 1.96. The van der Waals surface area contributed by atoms with E-state index in [-0.39, 0.29) is 0 Å². The van der Waals surface area contributed by atoms with Gasteiger partial charge in [-0.05, 0) is 0 Å². The minimum atomic E-state index is -0.479. The van der Waals surface area contributed by atoms with Gasteiger partial charge in [-0.3, -0.25) is 0 Å². The molecule has 0 bridgehead atoms. The summed E-state index contributed by atoms with van der Waals surface area (Å²) in [5, 5.41) is 0. The average Bonchev–Trinajstić information content (AvgIpc) is 1.36. The summed E-state index contributed by atoms with van der Waals surface area (Å²) in [6.07, 6.45) is 0. The lowest BCUT2D eigenvalue weighted by atomic mass is 11.3. The molecule has 0 aliphatic carbocycles. The number of rotatable bonds is 0. The lowest BCUT2D eigenvalue weighted by molar-refractivity contribution is 1.63. The van der Waals surface area contributed by atoms with Gasteiger partial charge in [-0.1, -0.05) is 13.1 Å². The molecule has 4 N–H and O–H groups in total. The number of hydrogen-bond donors (Lipinski definition) is 2. The molecular formula is C3H10N2Si. The Kier molecular flexibility index (Phi) is 1.87. The molecule has 3 heteroatoms. The predicted molar refractivity (Wildman–Crippen MR) is 30.9 cm³/mol. The fourth-order valence-corrected chi connectivity index (χ4v) is 0. The summed E-state index contributed by atoms with van der Waals surface area (Å²) in [4.78, 5) is 0. The van der Waals surface area contributed by atoms with Crippen LogP contribution < -0.4 is 11.5 Å². The Balaban J connectivity index is 3.68. The van der Waals surface area contributed by atoms with Gasteiger partial charge >= 0.3 is 0 Å². The largest absolute Gasteiger partial charge is 0.390 e. The Morgan fingerprint density at radius 2 is 1.50 bits per heavy atom. The van der Waals surface area contributed by atoms with E-state index in [0.717, 1.165) is 0 Å². The Labute approximate surface area is 39.4 Å². The lowest BCUT2D eigenvalue weighted by Gasteiger charge is -1.88. The van der Waals surface area contributed by atoms with E-state index in [1.165, 1.54) is 0 Å². The zero-order valence-electron chi connectivity index (χ0n) is 4.15. The molecular weight excluding hydrogens is 92.1 g/mol. The van der Waals surface area contributed by atoms with Crippen LogP contribution in [0.2, 0.25) is 13.1 Å². The van der Waals surface area contributed by atoms with E-state index in [9.17, 15) is 0 Å². The highest BCUT2D eigenvalue weighted by Gasteiger charge is 1.78. The lowest BCUT2D eigenvalue weighted by Crippen LogP contribution is -2.29. The Morgan fingerprint density at radius 1 is 1.33 bits per heavy atom. The van der Waals surface area contributed by atoms with Gasteiger partial charge in [-0.15, -0.1) is 0 Å². The highest BCUT2D eigenvalue weighted by Crippen LogP contribution is 1.57. The number of nitrogens with two attached hydrogens (primary N) is 2. The standard InChI is InChI=1S/C3H10N2Si/c1-6(2)3(4)5/h4-5H2,1-2H3. The Bertz CT molecular complexity index is 58.9. The second kappa shape index (κ2) is 1.97.